The number of carbonyl (C=O) groups is 2. The van der Waals surface area contributed by atoms with Gasteiger partial charge in [0.05, 0.1) is 12.7 Å². The number of rotatable bonds is 6. The van der Waals surface area contributed by atoms with E-state index in [1.165, 1.54) is 19.4 Å². The highest BCUT2D eigenvalue weighted by Gasteiger charge is 2.14. The number of benzene rings is 1. The molecule has 0 saturated heterocycles. The Hall–Kier alpha value is -2.96. The van der Waals surface area contributed by atoms with Crippen LogP contribution < -0.4 is 15.7 Å². The lowest BCUT2D eigenvalue weighted by atomic mass is 10.0. The van der Waals surface area contributed by atoms with Gasteiger partial charge in [0.2, 0.25) is 5.91 Å². The van der Waals surface area contributed by atoms with Gasteiger partial charge in [0.1, 0.15) is 11.6 Å². The maximum Gasteiger partial charge on any atom is 0.346 e. The van der Waals surface area contributed by atoms with E-state index in [9.17, 15) is 14.4 Å². The quantitative estimate of drug-likeness (QED) is 0.790. The highest BCUT2D eigenvalue weighted by atomic mass is 16.5. The molecule has 7 heteroatoms. The van der Waals surface area contributed by atoms with E-state index in [-0.39, 0.29) is 30.3 Å². The van der Waals surface area contributed by atoms with Crippen LogP contribution in [0.3, 0.4) is 0 Å². The van der Waals surface area contributed by atoms with E-state index in [0.717, 1.165) is 5.56 Å². The summed E-state index contributed by atoms with van der Waals surface area (Å²) in [6.45, 7) is 1.88. The Morgan fingerprint density at radius 3 is 2.74 bits per heavy atom. The van der Waals surface area contributed by atoms with Crippen LogP contribution in [0.4, 0.5) is 5.82 Å². The Morgan fingerprint density at radius 2 is 2.04 bits per heavy atom. The molecule has 0 aliphatic heterocycles. The summed E-state index contributed by atoms with van der Waals surface area (Å²) in [4.78, 5) is 41.0. The maximum atomic E-state index is 12.3. The molecule has 1 amide bonds. The molecule has 120 valence electrons. The SMILES string of the molecule is COc1ccc(C)cc1C(=O)CCC(=O)Nc1ccnc(=O)[nH]1. The number of anilines is 1. The zero-order valence-electron chi connectivity index (χ0n) is 12.9. The smallest absolute Gasteiger partial charge is 0.346 e. The van der Waals surface area contributed by atoms with Crippen LogP contribution in [-0.4, -0.2) is 28.8 Å². The van der Waals surface area contributed by atoms with Crippen molar-refractivity contribution in [3.63, 3.8) is 0 Å². The number of ketones is 1. The largest absolute Gasteiger partial charge is 0.496 e. The summed E-state index contributed by atoms with van der Waals surface area (Å²) in [5.74, 6) is 0.186. The first-order valence-corrected chi connectivity index (χ1v) is 7.02. The predicted octanol–water partition coefficient (Wildman–Crippen LogP) is 1.69. The van der Waals surface area contributed by atoms with Crippen molar-refractivity contribution < 1.29 is 14.3 Å². The molecular weight excluding hydrogens is 298 g/mol. The number of hydrogen-bond acceptors (Lipinski definition) is 5. The van der Waals surface area contributed by atoms with Gasteiger partial charge < -0.3 is 10.1 Å². The van der Waals surface area contributed by atoms with Crippen molar-refractivity contribution in [2.75, 3.05) is 12.4 Å². The summed E-state index contributed by atoms with van der Waals surface area (Å²) < 4.78 is 5.17. The topological polar surface area (TPSA) is 101 Å². The third-order valence-electron chi connectivity index (χ3n) is 3.18. The molecule has 0 atom stereocenters. The number of hydrogen-bond donors (Lipinski definition) is 2. The van der Waals surface area contributed by atoms with E-state index in [1.54, 1.807) is 12.1 Å². The fourth-order valence-corrected chi connectivity index (χ4v) is 2.06. The number of Topliss-reactive ketones (excluding diaryl/α,β-unsaturated/α-hetero) is 1. The molecule has 7 nitrogen and oxygen atoms in total. The third-order valence-corrected chi connectivity index (χ3v) is 3.18. The highest BCUT2D eigenvalue weighted by Crippen LogP contribution is 2.21. The maximum absolute atomic E-state index is 12.3. The first-order chi connectivity index (χ1) is 11.0. The lowest BCUT2D eigenvalue weighted by Crippen LogP contribution is -2.18. The van der Waals surface area contributed by atoms with Crippen molar-refractivity contribution in [1.29, 1.82) is 0 Å². The molecule has 0 unspecified atom stereocenters. The van der Waals surface area contributed by atoms with Crippen LogP contribution >= 0.6 is 0 Å². The van der Waals surface area contributed by atoms with Gasteiger partial charge in [0.15, 0.2) is 5.78 Å². The molecule has 0 saturated carbocycles. The van der Waals surface area contributed by atoms with E-state index in [4.69, 9.17) is 4.74 Å². The molecule has 1 aromatic heterocycles. The predicted molar refractivity (Wildman–Crippen MR) is 84.8 cm³/mol. The van der Waals surface area contributed by atoms with Crippen molar-refractivity contribution in [3.8, 4) is 5.75 Å². The Morgan fingerprint density at radius 1 is 1.26 bits per heavy atom. The van der Waals surface area contributed by atoms with Gasteiger partial charge in [0, 0.05) is 19.0 Å². The average molecular weight is 315 g/mol. The van der Waals surface area contributed by atoms with Crippen molar-refractivity contribution >= 4 is 17.5 Å². The number of nitrogens with zero attached hydrogens (tertiary/aromatic N) is 1. The minimum Gasteiger partial charge on any atom is -0.496 e. The van der Waals surface area contributed by atoms with Crippen molar-refractivity contribution in [2.24, 2.45) is 0 Å². The van der Waals surface area contributed by atoms with Crippen molar-refractivity contribution in [1.82, 2.24) is 9.97 Å². The summed E-state index contributed by atoms with van der Waals surface area (Å²) in [6, 6.07) is 6.77. The number of aromatic nitrogens is 2. The number of amides is 1. The fraction of sp³-hybridized carbons (Fsp3) is 0.250. The van der Waals surface area contributed by atoms with E-state index in [2.05, 4.69) is 15.3 Å². The number of ether oxygens (including phenoxy) is 1. The molecule has 0 aliphatic carbocycles. The second-order valence-corrected chi connectivity index (χ2v) is 4.96. The summed E-state index contributed by atoms with van der Waals surface area (Å²) >= 11 is 0. The van der Waals surface area contributed by atoms with Crippen LogP contribution in [0, 0.1) is 6.92 Å². The van der Waals surface area contributed by atoms with Gasteiger partial charge in [-0.05, 0) is 25.1 Å². The number of carbonyl (C=O) groups excluding carboxylic acids is 2. The molecule has 1 heterocycles. The minimum atomic E-state index is -0.552. The molecule has 1 aromatic carbocycles. The standard InChI is InChI=1S/C16H17N3O4/c1-10-3-5-13(23-2)11(9-10)12(20)4-6-15(21)18-14-7-8-17-16(22)19-14/h3,5,7-9H,4,6H2,1-2H3,(H2,17,18,19,21,22). The van der Waals surface area contributed by atoms with Crippen molar-refractivity contribution in [2.45, 2.75) is 19.8 Å². The summed E-state index contributed by atoms with van der Waals surface area (Å²) in [7, 11) is 1.49. The van der Waals surface area contributed by atoms with Crippen LogP contribution in [0.15, 0.2) is 35.3 Å². The number of aromatic amines is 1. The Labute approximate surface area is 132 Å². The molecule has 23 heavy (non-hydrogen) atoms. The van der Waals surface area contributed by atoms with Crippen molar-refractivity contribution in [3.05, 3.63) is 52.1 Å². The Bertz CT molecular complexity index is 783. The number of aryl methyl sites for hydroxylation is 1. The van der Waals surface area contributed by atoms with Gasteiger partial charge in [-0.15, -0.1) is 0 Å². The molecule has 0 spiro atoms. The number of nitrogens with one attached hydrogen (secondary N) is 2. The van der Waals surface area contributed by atoms with Crippen LogP contribution in [-0.2, 0) is 4.79 Å². The number of H-pyrrole nitrogens is 1. The van der Waals surface area contributed by atoms with E-state index in [0.29, 0.717) is 11.3 Å². The molecule has 2 aromatic rings. The zero-order valence-corrected chi connectivity index (χ0v) is 12.9. The van der Waals surface area contributed by atoms with Gasteiger partial charge in [-0.25, -0.2) is 9.78 Å². The Kier molecular flexibility index (Phi) is 5.24. The first kappa shape index (κ1) is 16.4. The third kappa shape index (κ3) is 4.50. The second kappa shape index (κ2) is 7.35. The molecule has 0 bridgehead atoms. The zero-order chi connectivity index (χ0) is 16.8. The first-order valence-electron chi connectivity index (χ1n) is 7.02. The lowest BCUT2D eigenvalue weighted by Gasteiger charge is -2.09. The number of methoxy groups -OCH3 is 1. The Balaban J connectivity index is 1.97. The van der Waals surface area contributed by atoms with Crippen LogP contribution in [0.5, 0.6) is 5.75 Å². The van der Waals surface area contributed by atoms with E-state index < -0.39 is 5.69 Å². The van der Waals surface area contributed by atoms with Crippen LogP contribution in [0.25, 0.3) is 0 Å². The van der Waals surface area contributed by atoms with Gasteiger partial charge in [-0.1, -0.05) is 11.6 Å². The van der Waals surface area contributed by atoms with Crippen LogP contribution in [0.1, 0.15) is 28.8 Å². The summed E-state index contributed by atoms with van der Waals surface area (Å²) in [6.07, 6.45) is 1.33. The van der Waals surface area contributed by atoms with E-state index in [1.807, 2.05) is 13.0 Å². The molecule has 0 aliphatic rings. The van der Waals surface area contributed by atoms with E-state index >= 15 is 0 Å². The van der Waals surface area contributed by atoms with Gasteiger partial charge >= 0.3 is 5.69 Å². The second-order valence-electron chi connectivity index (χ2n) is 4.96. The monoisotopic (exact) mass is 315 g/mol. The molecule has 2 N–H and O–H groups in total. The summed E-state index contributed by atoms with van der Waals surface area (Å²) in [5, 5.41) is 2.51. The molecule has 0 fully saturated rings. The summed E-state index contributed by atoms with van der Waals surface area (Å²) in [5.41, 5.74) is 0.842. The molecule has 2 rings (SSSR count). The molecule has 0 radical (unpaired) electrons. The normalized spacial score (nSPS) is 10.2. The van der Waals surface area contributed by atoms with Gasteiger partial charge in [-0.2, -0.15) is 0 Å². The van der Waals surface area contributed by atoms with Crippen LogP contribution in [0.2, 0.25) is 0 Å². The van der Waals surface area contributed by atoms with Gasteiger partial charge in [0.25, 0.3) is 0 Å². The molecular formula is C16H17N3O4. The highest BCUT2D eigenvalue weighted by molar-refractivity contribution is 6.01. The fourth-order valence-electron chi connectivity index (χ4n) is 2.06. The minimum absolute atomic E-state index is 0.000281. The van der Waals surface area contributed by atoms with Gasteiger partial charge in [-0.3, -0.25) is 14.6 Å². The average Bonchev–Trinajstić information content (AvgIpc) is 2.52. The lowest BCUT2D eigenvalue weighted by molar-refractivity contribution is -0.116.